The molecular formula is C17H15Cl2N3O. The third-order valence-corrected chi connectivity index (χ3v) is 4.89. The molecule has 1 aromatic heterocycles. The van der Waals surface area contributed by atoms with E-state index in [2.05, 4.69) is 10.3 Å². The molecule has 118 valence electrons. The number of hydrogen-bond donors (Lipinski definition) is 1. The molecule has 1 N–H and O–H groups in total. The highest BCUT2D eigenvalue weighted by Gasteiger charge is 2.34. The van der Waals surface area contributed by atoms with E-state index < -0.39 is 5.62 Å². The number of hydrogen-bond acceptors (Lipinski definition) is 3. The highest BCUT2D eigenvalue weighted by molar-refractivity contribution is 6.31. The minimum absolute atomic E-state index is 0.137. The molecule has 6 heteroatoms. The van der Waals surface area contributed by atoms with E-state index in [0.29, 0.717) is 22.1 Å². The molecule has 2 aliphatic rings. The Hall–Kier alpha value is -1.78. The lowest BCUT2D eigenvalue weighted by Gasteiger charge is -2.34. The number of amides is 1. The number of aryl methyl sites for hydroxylation is 2. The van der Waals surface area contributed by atoms with Crippen LogP contribution in [-0.2, 0) is 12.8 Å². The van der Waals surface area contributed by atoms with Crippen LogP contribution in [0.3, 0.4) is 0 Å². The predicted molar refractivity (Wildman–Crippen MR) is 92.4 cm³/mol. The van der Waals surface area contributed by atoms with E-state index >= 15 is 0 Å². The van der Waals surface area contributed by atoms with Gasteiger partial charge in [0.05, 0.1) is 5.56 Å². The molecule has 0 radical (unpaired) electrons. The second-order valence-corrected chi connectivity index (χ2v) is 6.68. The van der Waals surface area contributed by atoms with Crippen molar-refractivity contribution < 1.29 is 4.79 Å². The topological polar surface area (TPSA) is 45.2 Å². The molecule has 0 fully saturated rings. The zero-order valence-corrected chi connectivity index (χ0v) is 13.9. The number of alkyl halides is 1. The number of nitrogens with one attached hydrogen (secondary N) is 1. The molecule has 0 saturated carbocycles. The van der Waals surface area contributed by atoms with Gasteiger partial charge in [-0.1, -0.05) is 23.2 Å². The lowest BCUT2D eigenvalue weighted by atomic mass is 9.94. The highest BCUT2D eigenvalue weighted by Crippen LogP contribution is 2.33. The molecule has 0 spiro atoms. The highest BCUT2D eigenvalue weighted by atomic mass is 35.5. The fraction of sp³-hybridized carbons (Fsp3) is 0.294. The number of nitrogens with zero attached hydrogens (tertiary/aromatic N) is 2. The molecule has 1 amide bonds. The molecule has 1 aliphatic heterocycles. The summed E-state index contributed by atoms with van der Waals surface area (Å²) in [5.74, 6) is 0.447. The maximum Gasteiger partial charge on any atom is 0.264 e. The maximum atomic E-state index is 12.9. The molecule has 23 heavy (non-hydrogen) atoms. The molecule has 4 nitrogen and oxygen atoms in total. The second kappa shape index (κ2) is 5.69. The van der Waals surface area contributed by atoms with Gasteiger partial charge in [-0.05, 0) is 61.6 Å². The van der Waals surface area contributed by atoms with Crippen molar-refractivity contribution in [2.45, 2.75) is 31.3 Å². The van der Waals surface area contributed by atoms with Crippen molar-refractivity contribution in [1.82, 2.24) is 4.98 Å². The average molecular weight is 348 g/mol. The Kier molecular flexibility index (Phi) is 3.66. The van der Waals surface area contributed by atoms with Gasteiger partial charge in [0.25, 0.3) is 5.91 Å². The van der Waals surface area contributed by atoms with Crippen LogP contribution in [0.4, 0.5) is 11.5 Å². The van der Waals surface area contributed by atoms with Crippen LogP contribution in [0.25, 0.3) is 0 Å². The number of carbonyl (C=O) groups excluding carboxylic acids is 1. The first-order valence-corrected chi connectivity index (χ1v) is 8.47. The normalized spacial score (nSPS) is 19.8. The van der Waals surface area contributed by atoms with E-state index in [-0.39, 0.29) is 5.91 Å². The number of pyridine rings is 1. The first-order chi connectivity index (χ1) is 11.1. The van der Waals surface area contributed by atoms with Crippen LogP contribution >= 0.6 is 23.2 Å². The van der Waals surface area contributed by atoms with Crippen molar-refractivity contribution in [3.05, 3.63) is 52.2 Å². The summed E-state index contributed by atoms with van der Waals surface area (Å²) in [7, 11) is 0. The SMILES string of the molecule is O=C1c2cc3c(nc2NC(Cl)N1c1ccc(Cl)cc1)CCCC3. The first-order valence-electron chi connectivity index (χ1n) is 7.66. The van der Waals surface area contributed by atoms with Gasteiger partial charge in [-0.25, -0.2) is 4.98 Å². The minimum atomic E-state index is -0.676. The van der Waals surface area contributed by atoms with Crippen molar-refractivity contribution in [2.24, 2.45) is 0 Å². The second-order valence-electron chi connectivity index (χ2n) is 5.83. The van der Waals surface area contributed by atoms with E-state index in [9.17, 15) is 4.79 Å². The number of halogens is 2. The Morgan fingerprint density at radius 1 is 1.17 bits per heavy atom. The van der Waals surface area contributed by atoms with Crippen LogP contribution in [-0.4, -0.2) is 16.5 Å². The van der Waals surface area contributed by atoms with Crippen molar-refractivity contribution >= 4 is 40.6 Å². The fourth-order valence-electron chi connectivity index (χ4n) is 3.17. The van der Waals surface area contributed by atoms with Gasteiger partial charge in [-0.2, -0.15) is 0 Å². The number of anilines is 2. The van der Waals surface area contributed by atoms with Gasteiger partial charge >= 0.3 is 0 Å². The van der Waals surface area contributed by atoms with Crippen molar-refractivity contribution in [1.29, 1.82) is 0 Å². The summed E-state index contributed by atoms with van der Waals surface area (Å²) in [6, 6.07) is 9.03. The fourth-order valence-corrected chi connectivity index (χ4v) is 3.60. The smallest absolute Gasteiger partial charge is 0.264 e. The molecule has 1 aromatic carbocycles. The van der Waals surface area contributed by atoms with Crippen molar-refractivity contribution in [3.8, 4) is 0 Å². The average Bonchev–Trinajstić information content (AvgIpc) is 2.55. The lowest BCUT2D eigenvalue weighted by Crippen LogP contribution is -2.46. The standard InChI is InChI=1S/C17H15Cl2N3O/c18-11-5-7-12(8-6-11)22-16(23)13-9-10-3-1-2-4-14(10)20-15(13)21-17(22)19/h5-9,17H,1-4H2,(H,20,21). The Bertz CT molecular complexity index is 776. The Morgan fingerprint density at radius 2 is 1.91 bits per heavy atom. The van der Waals surface area contributed by atoms with E-state index in [4.69, 9.17) is 23.2 Å². The largest absolute Gasteiger partial charge is 0.336 e. The first kappa shape index (κ1) is 14.8. The molecule has 1 unspecified atom stereocenters. The summed E-state index contributed by atoms with van der Waals surface area (Å²) < 4.78 is 0. The quantitative estimate of drug-likeness (QED) is 0.620. The molecule has 0 bridgehead atoms. The van der Waals surface area contributed by atoms with Crippen molar-refractivity contribution in [2.75, 3.05) is 10.2 Å². The van der Waals surface area contributed by atoms with Gasteiger partial charge in [-0.3, -0.25) is 9.69 Å². The van der Waals surface area contributed by atoms with E-state index in [1.807, 2.05) is 6.07 Å². The zero-order valence-electron chi connectivity index (χ0n) is 12.4. The van der Waals surface area contributed by atoms with Crippen LogP contribution in [0.1, 0.15) is 34.5 Å². The molecular weight excluding hydrogens is 333 g/mol. The summed E-state index contributed by atoms with van der Waals surface area (Å²) in [6.07, 6.45) is 4.24. The summed E-state index contributed by atoms with van der Waals surface area (Å²) in [6.45, 7) is 0. The van der Waals surface area contributed by atoms with Gasteiger partial charge < -0.3 is 5.32 Å². The van der Waals surface area contributed by atoms with E-state index in [1.165, 1.54) is 10.5 Å². The predicted octanol–water partition coefficient (Wildman–Crippen LogP) is 4.21. The Labute approximate surface area is 144 Å². The van der Waals surface area contributed by atoms with Crippen LogP contribution in [0.15, 0.2) is 30.3 Å². The summed E-state index contributed by atoms with van der Waals surface area (Å²) >= 11 is 12.3. The third kappa shape index (κ3) is 2.56. The number of benzene rings is 1. The summed E-state index contributed by atoms with van der Waals surface area (Å²) in [4.78, 5) is 19.1. The van der Waals surface area contributed by atoms with Crippen LogP contribution in [0.5, 0.6) is 0 Å². The van der Waals surface area contributed by atoms with Gasteiger partial charge in [0.2, 0.25) is 0 Å². The van der Waals surface area contributed by atoms with Gasteiger partial charge in [-0.15, -0.1) is 0 Å². The monoisotopic (exact) mass is 347 g/mol. The van der Waals surface area contributed by atoms with Gasteiger partial charge in [0.15, 0.2) is 5.62 Å². The Morgan fingerprint density at radius 3 is 2.70 bits per heavy atom. The minimum Gasteiger partial charge on any atom is -0.336 e. The molecule has 4 rings (SSSR count). The molecule has 0 saturated heterocycles. The van der Waals surface area contributed by atoms with E-state index in [1.54, 1.807) is 24.3 Å². The Balaban J connectivity index is 1.76. The number of aromatic nitrogens is 1. The number of rotatable bonds is 1. The summed E-state index contributed by atoms with van der Waals surface area (Å²) in [5, 5.41) is 3.75. The van der Waals surface area contributed by atoms with Crippen LogP contribution in [0.2, 0.25) is 5.02 Å². The number of carbonyl (C=O) groups is 1. The van der Waals surface area contributed by atoms with Crippen molar-refractivity contribution in [3.63, 3.8) is 0 Å². The summed E-state index contributed by atoms with van der Waals surface area (Å²) in [5.41, 5.74) is 2.87. The van der Waals surface area contributed by atoms with Crippen LogP contribution < -0.4 is 10.2 Å². The molecule has 1 aliphatic carbocycles. The molecule has 2 heterocycles. The van der Waals surface area contributed by atoms with Crippen LogP contribution in [0, 0.1) is 0 Å². The number of fused-ring (bicyclic) bond motifs is 2. The van der Waals surface area contributed by atoms with E-state index in [0.717, 1.165) is 31.4 Å². The van der Waals surface area contributed by atoms with Gasteiger partial charge in [0.1, 0.15) is 5.82 Å². The molecule has 1 atom stereocenters. The lowest BCUT2D eigenvalue weighted by molar-refractivity contribution is 0.0982. The molecule has 2 aromatic rings. The van der Waals surface area contributed by atoms with Gasteiger partial charge in [0, 0.05) is 16.4 Å². The third-order valence-electron chi connectivity index (χ3n) is 4.34. The zero-order chi connectivity index (χ0) is 16.0. The maximum absolute atomic E-state index is 12.9.